The molecule has 3 N–H and O–H groups in total. The molecule has 0 radical (unpaired) electrons. The van der Waals surface area contributed by atoms with E-state index in [-0.39, 0.29) is 0 Å². The summed E-state index contributed by atoms with van der Waals surface area (Å²) in [7, 11) is 1.37. The molecule has 0 spiro atoms. The molecule has 1 fully saturated rings. The summed E-state index contributed by atoms with van der Waals surface area (Å²) >= 11 is 3.53. The van der Waals surface area contributed by atoms with Crippen LogP contribution < -0.4 is 11.1 Å². The molecule has 1 saturated carbocycles. The van der Waals surface area contributed by atoms with Crippen molar-refractivity contribution in [1.29, 1.82) is 0 Å². The second-order valence-corrected chi connectivity index (χ2v) is 8.78. The van der Waals surface area contributed by atoms with Gasteiger partial charge in [-0.2, -0.15) is 0 Å². The van der Waals surface area contributed by atoms with Gasteiger partial charge in [-0.05, 0) is 67.1 Å². The van der Waals surface area contributed by atoms with Gasteiger partial charge in [0.25, 0.3) is 5.91 Å². The number of fused-ring (bicyclic) bond motifs is 1. The molecule has 7 heteroatoms. The lowest BCUT2D eigenvalue weighted by Crippen LogP contribution is -2.14. The third-order valence-electron chi connectivity index (χ3n) is 5.96. The molecule has 1 aliphatic rings. The highest BCUT2D eigenvalue weighted by atomic mass is 79.9. The molecule has 160 valence electrons. The number of anilines is 2. The molecule has 4 rings (SSSR count). The molecule has 6 nitrogen and oxygen atoms in total. The van der Waals surface area contributed by atoms with Crippen LogP contribution in [0.5, 0.6) is 0 Å². The smallest absolute Gasteiger partial charge is 0.337 e. The highest BCUT2D eigenvalue weighted by Gasteiger charge is 2.21. The monoisotopic (exact) mass is 481 g/mol. The van der Waals surface area contributed by atoms with Crippen molar-refractivity contribution < 1.29 is 14.3 Å². The largest absolute Gasteiger partial charge is 0.465 e. The number of nitrogens with zero attached hydrogens (tertiary/aromatic N) is 1. The van der Waals surface area contributed by atoms with E-state index in [1.165, 1.54) is 26.1 Å². The van der Waals surface area contributed by atoms with E-state index < -0.39 is 11.9 Å². The third-order valence-corrected chi connectivity index (χ3v) is 6.82. The third kappa shape index (κ3) is 4.14. The Bertz CT molecular complexity index is 1190. The maximum atomic E-state index is 12.3. The van der Waals surface area contributed by atoms with Crippen molar-refractivity contribution in [3.8, 4) is 0 Å². The van der Waals surface area contributed by atoms with Crippen molar-refractivity contribution in [3.63, 3.8) is 0 Å². The first-order valence-corrected chi connectivity index (χ1v) is 11.1. The summed E-state index contributed by atoms with van der Waals surface area (Å²) in [5.41, 5.74) is 10.5. The van der Waals surface area contributed by atoms with Gasteiger partial charge in [-0.1, -0.05) is 28.8 Å². The number of nitrogens with two attached hydrogens (primary N) is 1. The number of carbonyl (C=O) groups excluding carboxylic acids is 2. The number of ether oxygens (including phenoxy) is 1. The van der Waals surface area contributed by atoms with Crippen molar-refractivity contribution >= 4 is 50.1 Å². The lowest BCUT2D eigenvalue weighted by atomic mass is 9.95. The van der Waals surface area contributed by atoms with E-state index in [1.54, 1.807) is 6.07 Å². The molecule has 2 aromatic carbocycles. The second-order valence-electron chi connectivity index (χ2n) is 7.92. The average Bonchev–Trinajstić information content (AvgIpc) is 3.30. The molecule has 1 amide bonds. The molecule has 0 atom stereocenters. The van der Waals surface area contributed by atoms with Gasteiger partial charge in [0.05, 0.1) is 29.4 Å². The van der Waals surface area contributed by atoms with Gasteiger partial charge in [-0.25, -0.2) is 4.79 Å². The molecule has 1 aliphatic carbocycles. The molecule has 1 aromatic heterocycles. The van der Waals surface area contributed by atoms with Crippen LogP contribution in [0.1, 0.15) is 63.4 Å². The number of aryl methyl sites for hydroxylation is 1. The van der Waals surface area contributed by atoms with Crippen LogP contribution in [0, 0.1) is 6.92 Å². The van der Waals surface area contributed by atoms with Crippen LogP contribution in [0.15, 0.2) is 41.0 Å². The Hall–Kier alpha value is -2.93. The minimum atomic E-state index is -0.572. The number of esters is 1. The number of aromatic nitrogens is 1. The zero-order chi connectivity index (χ0) is 22.1. The lowest BCUT2D eigenvalue weighted by molar-refractivity contribution is 0.0600. The number of amides is 1. The first-order chi connectivity index (χ1) is 14.9. The summed E-state index contributed by atoms with van der Waals surface area (Å²) in [5, 5.41) is 4.14. The lowest BCUT2D eigenvalue weighted by Gasteiger charge is -2.18. The molecule has 0 bridgehead atoms. The normalized spacial score (nSPS) is 14.0. The zero-order valence-corrected chi connectivity index (χ0v) is 19.1. The summed E-state index contributed by atoms with van der Waals surface area (Å²) in [5.74, 6) is -0.553. The fraction of sp³-hybridized carbons (Fsp3) is 0.292. The highest BCUT2D eigenvalue weighted by Crippen LogP contribution is 2.38. The molecule has 0 unspecified atom stereocenters. The first kappa shape index (κ1) is 21.3. The first-order valence-electron chi connectivity index (χ1n) is 10.3. The molecule has 31 heavy (non-hydrogen) atoms. The fourth-order valence-corrected chi connectivity index (χ4v) is 4.62. The Labute approximate surface area is 189 Å². The van der Waals surface area contributed by atoms with E-state index in [2.05, 4.69) is 26.2 Å². The van der Waals surface area contributed by atoms with Gasteiger partial charge in [0.1, 0.15) is 0 Å². The number of methoxy groups -OCH3 is 1. The van der Waals surface area contributed by atoms with Crippen LogP contribution in [-0.2, 0) is 4.74 Å². The van der Waals surface area contributed by atoms with Gasteiger partial charge in [-0.15, -0.1) is 0 Å². The summed E-state index contributed by atoms with van der Waals surface area (Å²) < 4.78 is 5.90. The maximum absolute atomic E-state index is 12.3. The van der Waals surface area contributed by atoms with Gasteiger partial charge in [-0.3, -0.25) is 9.78 Å². The van der Waals surface area contributed by atoms with E-state index in [0.717, 1.165) is 39.3 Å². The number of carbonyl (C=O) groups is 2. The van der Waals surface area contributed by atoms with Crippen LogP contribution in [0.25, 0.3) is 10.9 Å². The van der Waals surface area contributed by atoms with Crippen LogP contribution in [0.3, 0.4) is 0 Å². The number of hydrogen-bond acceptors (Lipinski definition) is 5. The van der Waals surface area contributed by atoms with Crippen LogP contribution in [0.4, 0.5) is 11.4 Å². The fourth-order valence-electron chi connectivity index (χ4n) is 4.30. The summed E-state index contributed by atoms with van der Waals surface area (Å²) in [4.78, 5) is 28.9. The maximum Gasteiger partial charge on any atom is 0.337 e. The zero-order valence-electron chi connectivity index (χ0n) is 17.5. The van der Waals surface area contributed by atoms with Gasteiger partial charge < -0.3 is 15.8 Å². The summed E-state index contributed by atoms with van der Waals surface area (Å²) in [6.45, 7) is 1.96. The predicted molar refractivity (Wildman–Crippen MR) is 125 cm³/mol. The molecule has 1 heterocycles. The van der Waals surface area contributed by atoms with Crippen molar-refractivity contribution in [2.75, 3.05) is 12.4 Å². The van der Waals surface area contributed by atoms with E-state index in [9.17, 15) is 9.59 Å². The number of pyridine rings is 1. The van der Waals surface area contributed by atoms with Crippen molar-refractivity contribution in [2.24, 2.45) is 5.73 Å². The highest BCUT2D eigenvalue weighted by molar-refractivity contribution is 9.10. The van der Waals surface area contributed by atoms with Gasteiger partial charge in [0.2, 0.25) is 0 Å². The quantitative estimate of drug-likeness (QED) is 0.463. The number of hydrogen-bond donors (Lipinski definition) is 2. The van der Waals surface area contributed by atoms with E-state index in [0.29, 0.717) is 28.4 Å². The van der Waals surface area contributed by atoms with Gasteiger partial charge >= 0.3 is 5.97 Å². The number of halogens is 1. The number of primary amides is 1. The van der Waals surface area contributed by atoms with Crippen LogP contribution in [0.2, 0.25) is 0 Å². The van der Waals surface area contributed by atoms with Gasteiger partial charge in [0, 0.05) is 21.7 Å². The van der Waals surface area contributed by atoms with E-state index >= 15 is 0 Å². The summed E-state index contributed by atoms with van der Waals surface area (Å²) in [6.07, 6.45) is 6.06. The van der Waals surface area contributed by atoms with Crippen LogP contribution in [-0.4, -0.2) is 24.0 Å². The SMILES string of the molecule is COC(=O)c1cc(Nc2c(C(N)=O)cnc3c(C)c(Br)ccc23)cc(C2CCCC2)c1. The number of rotatable bonds is 5. The Kier molecular flexibility index (Phi) is 5.96. The summed E-state index contributed by atoms with van der Waals surface area (Å²) in [6, 6.07) is 9.52. The number of nitrogens with one attached hydrogen (secondary N) is 1. The van der Waals surface area contributed by atoms with Crippen molar-refractivity contribution in [3.05, 3.63) is 63.3 Å². The van der Waals surface area contributed by atoms with E-state index in [1.807, 2.05) is 31.2 Å². The van der Waals surface area contributed by atoms with E-state index in [4.69, 9.17) is 10.5 Å². The molecular weight excluding hydrogens is 458 g/mol. The standard InChI is InChI=1S/C24H24BrN3O3/c1-13-20(25)8-7-18-21(13)27-12-19(23(26)29)22(18)28-17-10-15(14-5-3-4-6-14)9-16(11-17)24(30)31-2/h7-12,14H,3-6H2,1-2H3,(H2,26,29)(H,27,28). The Morgan fingerprint density at radius 2 is 1.94 bits per heavy atom. The number of benzene rings is 2. The second kappa shape index (κ2) is 8.67. The average molecular weight is 482 g/mol. The molecule has 0 aliphatic heterocycles. The molecular formula is C24H24BrN3O3. The topological polar surface area (TPSA) is 94.3 Å². The van der Waals surface area contributed by atoms with Crippen molar-refractivity contribution in [1.82, 2.24) is 4.98 Å². The Morgan fingerprint density at radius 1 is 1.19 bits per heavy atom. The Balaban J connectivity index is 1.87. The minimum Gasteiger partial charge on any atom is -0.465 e. The van der Waals surface area contributed by atoms with Gasteiger partial charge in [0.15, 0.2) is 0 Å². The van der Waals surface area contributed by atoms with Crippen LogP contribution >= 0.6 is 15.9 Å². The minimum absolute atomic E-state index is 0.292. The predicted octanol–water partition coefficient (Wildman–Crippen LogP) is 5.59. The Morgan fingerprint density at radius 3 is 2.61 bits per heavy atom. The molecule has 0 saturated heterocycles. The molecule has 3 aromatic rings. The van der Waals surface area contributed by atoms with Crippen molar-refractivity contribution in [2.45, 2.75) is 38.5 Å².